The molecule has 3 nitrogen and oxygen atoms in total. The fourth-order valence-electron chi connectivity index (χ4n) is 2.77. The van der Waals surface area contributed by atoms with E-state index < -0.39 is 0 Å². The number of anilines is 1. The van der Waals surface area contributed by atoms with Crippen LogP contribution in [0, 0.1) is 0 Å². The van der Waals surface area contributed by atoms with E-state index in [1.807, 2.05) is 17.5 Å². The summed E-state index contributed by atoms with van der Waals surface area (Å²) in [5.74, 6) is 0.131. The minimum Gasteiger partial charge on any atom is -0.371 e. The second-order valence-electron chi connectivity index (χ2n) is 5.33. The molecule has 0 fully saturated rings. The molecular formula is C17H20N2OS. The molecule has 1 aliphatic rings. The highest BCUT2D eigenvalue weighted by molar-refractivity contribution is 7.09. The van der Waals surface area contributed by atoms with Crippen molar-refractivity contribution in [1.29, 1.82) is 0 Å². The highest BCUT2D eigenvalue weighted by Gasteiger charge is 2.16. The maximum atomic E-state index is 12.0. The average Bonchev–Trinajstić information content (AvgIpc) is 3.04. The molecule has 0 saturated heterocycles. The molecule has 1 aromatic carbocycles. The summed E-state index contributed by atoms with van der Waals surface area (Å²) in [6, 6.07) is 12.6. The Hall–Kier alpha value is -1.81. The summed E-state index contributed by atoms with van der Waals surface area (Å²) in [7, 11) is 0. The van der Waals surface area contributed by atoms with Crippen molar-refractivity contribution in [2.75, 3.05) is 18.0 Å². The number of carbonyl (C=O) groups is 1. The van der Waals surface area contributed by atoms with E-state index in [0.29, 0.717) is 13.0 Å². The molecular weight excluding hydrogens is 280 g/mol. The topological polar surface area (TPSA) is 32.3 Å². The van der Waals surface area contributed by atoms with E-state index in [1.54, 1.807) is 11.3 Å². The molecule has 2 aromatic rings. The number of carbonyl (C=O) groups excluding carboxylic acids is 1. The molecule has 1 aromatic heterocycles. The van der Waals surface area contributed by atoms with Crippen molar-refractivity contribution in [3.8, 4) is 0 Å². The van der Waals surface area contributed by atoms with E-state index in [0.717, 1.165) is 19.5 Å². The van der Waals surface area contributed by atoms with Crippen molar-refractivity contribution in [2.45, 2.75) is 25.8 Å². The molecule has 2 heterocycles. The number of benzene rings is 1. The van der Waals surface area contributed by atoms with E-state index in [1.165, 1.54) is 22.5 Å². The summed E-state index contributed by atoms with van der Waals surface area (Å²) in [6.45, 7) is 2.50. The molecule has 3 rings (SSSR count). The van der Waals surface area contributed by atoms with E-state index in [4.69, 9.17) is 0 Å². The number of thiophene rings is 1. The number of hydrogen-bond acceptors (Lipinski definition) is 3. The largest absolute Gasteiger partial charge is 0.371 e. The molecule has 0 spiro atoms. The van der Waals surface area contributed by atoms with Gasteiger partial charge in [0.1, 0.15) is 0 Å². The third kappa shape index (κ3) is 3.64. The quantitative estimate of drug-likeness (QED) is 0.919. The molecule has 4 heteroatoms. The van der Waals surface area contributed by atoms with Crippen molar-refractivity contribution in [1.82, 2.24) is 5.32 Å². The van der Waals surface area contributed by atoms with Gasteiger partial charge in [0.25, 0.3) is 0 Å². The van der Waals surface area contributed by atoms with Gasteiger partial charge in [-0.2, -0.15) is 0 Å². The highest BCUT2D eigenvalue weighted by Crippen LogP contribution is 2.26. The molecule has 0 bridgehead atoms. The van der Waals surface area contributed by atoms with Crippen LogP contribution >= 0.6 is 11.3 Å². The van der Waals surface area contributed by atoms with Gasteiger partial charge in [-0.1, -0.05) is 24.3 Å². The SMILES string of the molecule is O=C(CCN1CCCc2ccccc21)NCc1cccs1. The predicted molar refractivity (Wildman–Crippen MR) is 87.8 cm³/mol. The minimum atomic E-state index is 0.131. The number of rotatable bonds is 5. The first-order chi connectivity index (χ1) is 10.3. The van der Waals surface area contributed by atoms with Gasteiger partial charge in [-0.05, 0) is 35.9 Å². The van der Waals surface area contributed by atoms with Crippen molar-refractivity contribution in [2.24, 2.45) is 0 Å². The fourth-order valence-corrected chi connectivity index (χ4v) is 3.41. The molecule has 1 amide bonds. The summed E-state index contributed by atoms with van der Waals surface area (Å²) in [6.07, 6.45) is 2.88. The summed E-state index contributed by atoms with van der Waals surface area (Å²) in [5, 5.41) is 5.03. The predicted octanol–water partition coefficient (Wildman–Crippen LogP) is 3.21. The molecule has 110 valence electrons. The summed E-state index contributed by atoms with van der Waals surface area (Å²) < 4.78 is 0. The second-order valence-corrected chi connectivity index (χ2v) is 6.36. The Morgan fingerprint density at radius 1 is 1.24 bits per heavy atom. The van der Waals surface area contributed by atoms with Crippen LogP contribution in [-0.4, -0.2) is 19.0 Å². The highest BCUT2D eigenvalue weighted by atomic mass is 32.1. The molecule has 0 unspecified atom stereocenters. The molecule has 0 atom stereocenters. The van der Waals surface area contributed by atoms with Gasteiger partial charge in [0.15, 0.2) is 0 Å². The zero-order chi connectivity index (χ0) is 14.5. The van der Waals surface area contributed by atoms with Crippen LogP contribution in [0.15, 0.2) is 41.8 Å². The Balaban J connectivity index is 1.50. The van der Waals surface area contributed by atoms with Crippen LogP contribution in [0.25, 0.3) is 0 Å². The van der Waals surface area contributed by atoms with Crippen LogP contribution in [0.2, 0.25) is 0 Å². The molecule has 0 radical (unpaired) electrons. The average molecular weight is 300 g/mol. The lowest BCUT2D eigenvalue weighted by Gasteiger charge is -2.31. The van der Waals surface area contributed by atoms with Gasteiger partial charge in [-0.3, -0.25) is 4.79 Å². The Bertz CT molecular complexity index is 595. The van der Waals surface area contributed by atoms with E-state index >= 15 is 0 Å². The van der Waals surface area contributed by atoms with Crippen molar-refractivity contribution < 1.29 is 4.79 Å². The molecule has 21 heavy (non-hydrogen) atoms. The Morgan fingerprint density at radius 3 is 3.00 bits per heavy atom. The standard InChI is InChI=1S/C17H20N2OS/c20-17(18-13-15-7-4-12-21-15)9-11-19-10-3-6-14-5-1-2-8-16(14)19/h1-2,4-5,7-8,12H,3,6,9-11,13H2,(H,18,20). The Morgan fingerprint density at radius 2 is 2.14 bits per heavy atom. The Kier molecular flexibility index (Phi) is 4.55. The van der Waals surface area contributed by atoms with E-state index in [2.05, 4.69) is 34.5 Å². The fraction of sp³-hybridized carbons (Fsp3) is 0.353. The Labute approximate surface area is 129 Å². The first-order valence-corrected chi connectivity index (χ1v) is 8.33. The van der Waals surface area contributed by atoms with Gasteiger partial charge >= 0.3 is 0 Å². The number of nitrogens with zero attached hydrogens (tertiary/aromatic N) is 1. The summed E-state index contributed by atoms with van der Waals surface area (Å²) in [5.41, 5.74) is 2.71. The number of hydrogen-bond donors (Lipinski definition) is 1. The zero-order valence-corrected chi connectivity index (χ0v) is 12.9. The van der Waals surface area contributed by atoms with Gasteiger partial charge in [0, 0.05) is 30.1 Å². The zero-order valence-electron chi connectivity index (χ0n) is 12.0. The van der Waals surface area contributed by atoms with Crippen LogP contribution in [0.1, 0.15) is 23.3 Å². The van der Waals surface area contributed by atoms with E-state index in [-0.39, 0.29) is 5.91 Å². The van der Waals surface area contributed by atoms with Gasteiger partial charge < -0.3 is 10.2 Å². The van der Waals surface area contributed by atoms with Gasteiger partial charge in [0.2, 0.25) is 5.91 Å². The van der Waals surface area contributed by atoms with Gasteiger partial charge in [-0.15, -0.1) is 11.3 Å². The van der Waals surface area contributed by atoms with Crippen molar-refractivity contribution >= 4 is 22.9 Å². The summed E-state index contributed by atoms with van der Waals surface area (Å²) >= 11 is 1.68. The van der Waals surface area contributed by atoms with Crippen LogP contribution in [0.4, 0.5) is 5.69 Å². The number of nitrogens with one attached hydrogen (secondary N) is 1. The first kappa shape index (κ1) is 14.1. The maximum Gasteiger partial charge on any atom is 0.222 e. The number of aryl methyl sites for hydroxylation is 1. The number of para-hydroxylation sites is 1. The van der Waals surface area contributed by atoms with E-state index in [9.17, 15) is 4.79 Å². The molecule has 1 N–H and O–H groups in total. The first-order valence-electron chi connectivity index (χ1n) is 7.45. The lowest BCUT2D eigenvalue weighted by molar-refractivity contribution is -0.121. The number of fused-ring (bicyclic) bond motifs is 1. The van der Waals surface area contributed by atoms with Crippen LogP contribution in [0.3, 0.4) is 0 Å². The van der Waals surface area contributed by atoms with Crippen LogP contribution in [-0.2, 0) is 17.8 Å². The second kappa shape index (κ2) is 6.76. The van der Waals surface area contributed by atoms with Crippen molar-refractivity contribution in [3.05, 3.63) is 52.2 Å². The molecule has 0 saturated carbocycles. The third-order valence-corrected chi connectivity index (χ3v) is 4.73. The lowest BCUT2D eigenvalue weighted by atomic mass is 10.0. The van der Waals surface area contributed by atoms with Crippen LogP contribution < -0.4 is 10.2 Å². The third-order valence-electron chi connectivity index (χ3n) is 3.86. The number of amides is 1. The normalized spacial score (nSPS) is 13.8. The lowest BCUT2D eigenvalue weighted by Crippen LogP contribution is -2.33. The monoisotopic (exact) mass is 300 g/mol. The van der Waals surface area contributed by atoms with Crippen LogP contribution in [0.5, 0.6) is 0 Å². The molecule has 1 aliphatic heterocycles. The molecule has 0 aliphatic carbocycles. The van der Waals surface area contributed by atoms with Gasteiger partial charge in [-0.25, -0.2) is 0 Å². The maximum absolute atomic E-state index is 12.0. The smallest absolute Gasteiger partial charge is 0.222 e. The van der Waals surface area contributed by atoms with Crippen molar-refractivity contribution in [3.63, 3.8) is 0 Å². The summed E-state index contributed by atoms with van der Waals surface area (Å²) in [4.78, 5) is 15.5. The van der Waals surface area contributed by atoms with Gasteiger partial charge in [0.05, 0.1) is 6.54 Å². The minimum absolute atomic E-state index is 0.131.